The number of methoxy groups -OCH3 is 2. The molecule has 124 valence electrons. The fraction of sp³-hybridized carbons (Fsp3) is 0.294. The first kappa shape index (κ1) is 17.4. The number of aliphatic hydroxyl groups is 1. The van der Waals surface area contributed by atoms with E-state index in [0.29, 0.717) is 28.5 Å². The van der Waals surface area contributed by atoms with E-state index < -0.39 is 6.10 Å². The zero-order valence-corrected chi connectivity index (χ0v) is 14.9. The average molecular weight is 382 g/mol. The fourth-order valence-corrected chi connectivity index (χ4v) is 2.69. The van der Waals surface area contributed by atoms with Crippen molar-refractivity contribution in [3.05, 3.63) is 45.9 Å². The van der Waals surface area contributed by atoms with Crippen molar-refractivity contribution in [2.45, 2.75) is 13.0 Å². The van der Waals surface area contributed by atoms with E-state index in [1.165, 1.54) is 0 Å². The Labute approximate surface area is 144 Å². The molecule has 0 radical (unpaired) electrons. The zero-order chi connectivity index (χ0) is 17.0. The highest BCUT2D eigenvalue weighted by atomic mass is 79.9. The van der Waals surface area contributed by atoms with Gasteiger partial charge in [-0.2, -0.15) is 0 Å². The van der Waals surface area contributed by atoms with Gasteiger partial charge < -0.3 is 25.1 Å². The van der Waals surface area contributed by atoms with Gasteiger partial charge in [0.25, 0.3) is 0 Å². The molecule has 0 heterocycles. The van der Waals surface area contributed by atoms with E-state index in [1.807, 2.05) is 19.1 Å². The Morgan fingerprint density at radius 2 is 1.78 bits per heavy atom. The number of benzene rings is 2. The molecule has 0 aliphatic rings. The molecule has 0 fully saturated rings. The first-order valence-electron chi connectivity index (χ1n) is 7.04. The van der Waals surface area contributed by atoms with Crippen molar-refractivity contribution < 1.29 is 19.3 Å². The van der Waals surface area contributed by atoms with Crippen LogP contribution < -0.4 is 19.9 Å². The standard InChI is InChI=1S/C17H20BrNO4/c1-10-4-5-15(13(19)6-10)23-9-14(20)11-7-17(22-3)12(18)8-16(11)21-2/h4-8,14,20H,9,19H2,1-3H3. The second-order valence-electron chi connectivity index (χ2n) is 5.10. The Balaban J connectivity index is 2.18. The molecule has 0 aliphatic heterocycles. The Morgan fingerprint density at radius 3 is 2.39 bits per heavy atom. The van der Waals surface area contributed by atoms with Crippen molar-refractivity contribution in [1.29, 1.82) is 0 Å². The van der Waals surface area contributed by atoms with Gasteiger partial charge in [-0.3, -0.25) is 0 Å². The topological polar surface area (TPSA) is 73.9 Å². The molecule has 0 bridgehead atoms. The first-order valence-corrected chi connectivity index (χ1v) is 7.84. The zero-order valence-electron chi connectivity index (χ0n) is 13.3. The Hall–Kier alpha value is -1.92. The summed E-state index contributed by atoms with van der Waals surface area (Å²) in [5, 5.41) is 10.4. The fourth-order valence-electron chi connectivity index (χ4n) is 2.20. The normalized spacial score (nSPS) is 11.9. The molecule has 0 amide bonds. The highest BCUT2D eigenvalue weighted by molar-refractivity contribution is 9.10. The highest BCUT2D eigenvalue weighted by Crippen LogP contribution is 2.36. The third-order valence-electron chi connectivity index (χ3n) is 3.43. The molecule has 2 rings (SSSR count). The molecule has 0 spiro atoms. The molecule has 0 aromatic heterocycles. The lowest BCUT2D eigenvalue weighted by molar-refractivity contribution is 0.106. The summed E-state index contributed by atoms with van der Waals surface area (Å²) in [6.45, 7) is 2.00. The minimum Gasteiger partial charge on any atom is -0.496 e. The van der Waals surface area contributed by atoms with E-state index in [0.717, 1.165) is 10.0 Å². The highest BCUT2D eigenvalue weighted by Gasteiger charge is 2.18. The molecular weight excluding hydrogens is 362 g/mol. The van der Waals surface area contributed by atoms with Crippen LogP contribution in [-0.2, 0) is 0 Å². The Morgan fingerprint density at radius 1 is 1.09 bits per heavy atom. The molecule has 2 aromatic rings. The second kappa shape index (κ2) is 7.57. The van der Waals surface area contributed by atoms with Crippen LogP contribution >= 0.6 is 15.9 Å². The first-order chi connectivity index (χ1) is 11.0. The van der Waals surface area contributed by atoms with Gasteiger partial charge in [-0.15, -0.1) is 0 Å². The van der Waals surface area contributed by atoms with E-state index in [9.17, 15) is 5.11 Å². The van der Waals surface area contributed by atoms with E-state index >= 15 is 0 Å². The third kappa shape index (κ3) is 4.09. The Bertz CT molecular complexity index is 691. The number of nitrogens with two attached hydrogens (primary N) is 1. The van der Waals surface area contributed by atoms with E-state index in [2.05, 4.69) is 15.9 Å². The summed E-state index contributed by atoms with van der Waals surface area (Å²) in [4.78, 5) is 0. The molecular formula is C17H20BrNO4. The number of anilines is 1. The van der Waals surface area contributed by atoms with Crippen LogP contribution in [0.4, 0.5) is 5.69 Å². The number of nitrogen functional groups attached to an aromatic ring is 1. The largest absolute Gasteiger partial charge is 0.496 e. The molecule has 2 aromatic carbocycles. The second-order valence-corrected chi connectivity index (χ2v) is 5.95. The monoisotopic (exact) mass is 381 g/mol. The van der Waals surface area contributed by atoms with Crippen molar-refractivity contribution in [1.82, 2.24) is 0 Å². The smallest absolute Gasteiger partial charge is 0.142 e. The number of ether oxygens (including phenoxy) is 3. The van der Waals surface area contributed by atoms with Crippen LogP contribution in [0, 0.1) is 6.92 Å². The minimum atomic E-state index is -0.882. The lowest BCUT2D eigenvalue weighted by Gasteiger charge is -2.18. The van der Waals surface area contributed by atoms with Gasteiger partial charge >= 0.3 is 0 Å². The lowest BCUT2D eigenvalue weighted by Crippen LogP contribution is -2.12. The molecule has 1 unspecified atom stereocenters. The Kier molecular flexibility index (Phi) is 5.74. The summed E-state index contributed by atoms with van der Waals surface area (Å²) in [5.74, 6) is 1.69. The number of hydrogen-bond acceptors (Lipinski definition) is 5. The molecule has 1 atom stereocenters. The predicted octanol–water partition coefficient (Wildman–Crippen LogP) is 3.47. The van der Waals surface area contributed by atoms with E-state index in [4.69, 9.17) is 19.9 Å². The van der Waals surface area contributed by atoms with Crippen molar-refractivity contribution in [3.8, 4) is 17.2 Å². The van der Waals surface area contributed by atoms with Crippen LogP contribution in [-0.4, -0.2) is 25.9 Å². The van der Waals surface area contributed by atoms with E-state index in [-0.39, 0.29) is 6.61 Å². The molecule has 6 heteroatoms. The van der Waals surface area contributed by atoms with Gasteiger partial charge in [0, 0.05) is 5.56 Å². The van der Waals surface area contributed by atoms with Crippen molar-refractivity contribution in [3.63, 3.8) is 0 Å². The van der Waals surface area contributed by atoms with Crippen molar-refractivity contribution in [2.24, 2.45) is 0 Å². The van der Waals surface area contributed by atoms with Crippen molar-refractivity contribution >= 4 is 21.6 Å². The van der Waals surface area contributed by atoms with E-state index in [1.54, 1.807) is 32.4 Å². The predicted molar refractivity (Wildman–Crippen MR) is 93.3 cm³/mol. The molecule has 0 saturated heterocycles. The molecule has 3 N–H and O–H groups in total. The van der Waals surface area contributed by atoms with Crippen LogP contribution in [0.1, 0.15) is 17.2 Å². The summed E-state index contributed by atoms with van der Waals surface area (Å²) >= 11 is 3.39. The van der Waals surface area contributed by atoms with Crippen LogP contribution in [0.15, 0.2) is 34.8 Å². The van der Waals surface area contributed by atoms with Crippen LogP contribution in [0.25, 0.3) is 0 Å². The van der Waals surface area contributed by atoms with Gasteiger partial charge in [0.2, 0.25) is 0 Å². The lowest BCUT2D eigenvalue weighted by atomic mass is 10.1. The summed E-state index contributed by atoms with van der Waals surface area (Å²) in [7, 11) is 3.11. The third-order valence-corrected chi connectivity index (χ3v) is 4.04. The summed E-state index contributed by atoms with van der Waals surface area (Å²) in [6.07, 6.45) is -0.882. The van der Waals surface area contributed by atoms with Crippen LogP contribution in [0.2, 0.25) is 0 Å². The van der Waals surface area contributed by atoms with Gasteiger partial charge in [0.1, 0.15) is 30.0 Å². The van der Waals surface area contributed by atoms with Crippen LogP contribution in [0.5, 0.6) is 17.2 Å². The van der Waals surface area contributed by atoms with Gasteiger partial charge in [-0.1, -0.05) is 6.07 Å². The summed E-state index contributed by atoms with van der Waals surface area (Å²) in [5.41, 5.74) is 8.08. The number of hydrogen-bond donors (Lipinski definition) is 2. The summed E-state index contributed by atoms with van der Waals surface area (Å²) < 4.78 is 16.9. The maximum absolute atomic E-state index is 10.4. The number of rotatable bonds is 6. The average Bonchev–Trinajstić information content (AvgIpc) is 2.53. The van der Waals surface area contributed by atoms with Gasteiger partial charge in [-0.25, -0.2) is 0 Å². The van der Waals surface area contributed by atoms with Gasteiger partial charge in [0.15, 0.2) is 0 Å². The molecule has 23 heavy (non-hydrogen) atoms. The van der Waals surface area contributed by atoms with Crippen molar-refractivity contribution in [2.75, 3.05) is 26.6 Å². The molecule has 5 nitrogen and oxygen atoms in total. The SMILES string of the molecule is COc1cc(C(O)COc2ccc(C)cc2N)c(OC)cc1Br. The molecule has 0 aliphatic carbocycles. The number of aryl methyl sites for hydroxylation is 1. The maximum atomic E-state index is 10.4. The van der Waals surface area contributed by atoms with Gasteiger partial charge in [-0.05, 0) is 52.7 Å². The van der Waals surface area contributed by atoms with Crippen LogP contribution in [0.3, 0.4) is 0 Å². The van der Waals surface area contributed by atoms with Gasteiger partial charge in [0.05, 0.1) is 24.4 Å². The minimum absolute atomic E-state index is 0.0500. The molecule has 0 saturated carbocycles. The number of halogens is 1. The summed E-state index contributed by atoms with van der Waals surface area (Å²) in [6, 6.07) is 8.98. The number of aliphatic hydroxyl groups excluding tert-OH is 1. The maximum Gasteiger partial charge on any atom is 0.142 e. The quantitative estimate of drug-likeness (QED) is 0.749.